The fraction of sp³-hybridized carbons (Fsp3) is 0.846. The SMILES string of the molecule is COCCCC(NC(=O)N1CCCCC1CO)C(=O)O. The number of piperidine rings is 1. The highest BCUT2D eigenvalue weighted by molar-refractivity contribution is 5.82. The molecule has 0 aliphatic carbocycles. The summed E-state index contributed by atoms with van der Waals surface area (Å²) in [5, 5.41) is 20.9. The molecular weight excluding hydrogens is 264 g/mol. The number of carbonyl (C=O) groups is 2. The number of hydrogen-bond donors (Lipinski definition) is 3. The van der Waals surface area contributed by atoms with Crippen molar-refractivity contribution in [1.82, 2.24) is 10.2 Å². The molecule has 7 heteroatoms. The molecule has 20 heavy (non-hydrogen) atoms. The molecule has 1 aliphatic rings. The van der Waals surface area contributed by atoms with Crippen LogP contribution in [0, 0.1) is 0 Å². The molecule has 116 valence electrons. The summed E-state index contributed by atoms with van der Waals surface area (Å²) in [4.78, 5) is 24.8. The van der Waals surface area contributed by atoms with E-state index in [1.807, 2.05) is 0 Å². The standard InChI is InChI=1S/C13H24N2O5/c1-20-8-4-6-11(12(17)18)14-13(19)15-7-3-2-5-10(15)9-16/h10-11,16H,2-9H2,1H3,(H,14,19)(H,17,18). The van der Waals surface area contributed by atoms with E-state index < -0.39 is 18.0 Å². The van der Waals surface area contributed by atoms with Crippen molar-refractivity contribution in [2.24, 2.45) is 0 Å². The maximum atomic E-state index is 12.1. The van der Waals surface area contributed by atoms with E-state index in [9.17, 15) is 14.7 Å². The molecule has 0 spiro atoms. The highest BCUT2D eigenvalue weighted by atomic mass is 16.5. The van der Waals surface area contributed by atoms with Crippen molar-refractivity contribution >= 4 is 12.0 Å². The van der Waals surface area contributed by atoms with Crippen molar-refractivity contribution in [3.63, 3.8) is 0 Å². The lowest BCUT2D eigenvalue weighted by molar-refractivity contribution is -0.139. The molecular formula is C13H24N2O5. The minimum absolute atomic E-state index is 0.0885. The number of likely N-dealkylation sites (tertiary alicyclic amines) is 1. The average molecular weight is 288 g/mol. The monoisotopic (exact) mass is 288 g/mol. The molecule has 0 radical (unpaired) electrons. The van der Waals surface area contributed by atoms with E-state index in [0.717, 1.165) is 19.3 Å². The first-order valence-corrected chi connectivity index (χ1v) is 7.00. The minimum atomic E-state index is -1.05. The second-order valence-corrected chi connectivity index (χ2v) is 5.00. The number of aliphatic carboxylic acids is 1. The molecule has 2 unspecified atom stereocenters. The number of carboxylic acid groups (broad SMARTS) is 1. The normalized spacial score (nSPS) is 20.5. The molecule has 1 aliphatic heterocycles. The summed E-state index contributed by atoms with van der Waals surface area (Å²) in [7, 11) is 1.55. The van der Waals surface area contributed by atoms with Gasteiger partial charge in [0.05, 0.1) is 12.6 Å². The van der Waals surface area contributed by atoms with E-state index in [2.05, 4.69) is 5.32 Å². The number of aliphatic hydroxyl groups excluding tert-OH is 1. The van der Waals surface area contributed by atoms with Gasteiger partial charge < -0.3 is 25.2 Å². The van der Waals surface area contributed by atoms with Crippen LogP contribution < -0.4 is 5.32 Å². The van der Waals surface area contributed by atoms with Crippen LogP contribution in [-0.4, -0.2) is 66.1 Å². The predicted octanol–water partition coefficient (Wildman–Crippen LogP) is 0.423. The summed E-state index contributed by atoms with van der Waals surface area (Å²) >= 11 is 0. The highest BCUT2D eigenvalue weighted by Crippen LogP contribution is 2.16. The van der Waals surface area contributed by atoms with Crippen molar-refractivity contribution < 1.29 is 24.5 Å². The number of methoxy groups -OCH3 is 1. The van der Waals surface area contributed by atoms with Crippen LogP contribution in [0.1, 0.15) is 32.1 Å². The second kappa shape index (κ2) is 8.76. The smallest absolute Gasteiger partial charge is 0.326 e. The van der Waals surface area contributed by atoms with Crippen molar-refractivity contribution in [3.8, 4) is 0 Å². The van der Waals surface area contributed by atoms with E-state index in [4.69, 9.17) is 9.84 Å². The molecule has 7 nitrogen and oxygen atoms in total. The molecule has 0 aromatic carbocycles. The summed E-state index contributed by atoms with van der Waals surface area (Å²) in [6, 6.07) is -1.54. The summed E-state index contributed by atoms with van der Waals surface area (Å²) in [5.74, 6) is -1.05. The molecule has 1 fully saturated rings. The Bertz CT molecular complexity index is 324. The third kappa shape index (κ3) is 4.97. The molecule has 0 aromatic rings. The Balaban J connectivity index is 2.53. The number of nitrogens with one attached hydrogen (secondary N) is 1. The van der Waals surface area contributed by atoms with E-state index in [0.29, 0.717) is 26.0 Å². The first-order valence-electron chi connectivity index (χ1n) is 7.00. The number of rotatable bonds is 7. The Morgan fingerprint density at radius 3 is 2.80 bits per heavy atom. The zero-order valence-electron chi connectivity index (χ0n) is 11.9. The minimum Gasteiger partial charge on any atom is -0.480 e. The van der Waals surface area contributed by atoms with Gasteiger partial charge in [-0.1, -0.05) is 0 Å². The molecule has 1 rings (SSSR count). The Morgan fingerprint density at radius 1 is 1.45 bits per heavy atom. The Kier molecular flexibility index (Phi) is 7.32. The van der Waals surface area contributed by atoms with Crippen LogP contribution in [0.2, 0.25) is 0 Å². The lowest BCUT2D eigenvalue weighted by Crippen LogP contribution is -2.53. The van der Waals surface area contributed by atoms with Crippen LogP contribution in [-0.2, 0) is 9.53 Å². The number of ether oxygens (including phenoxy) is 1. The number of aliphatic hydroxyl groups is 1. The molecule has 0 bridgehead atoms. The zero-order chi connectivity index (χ0) is 15.0. The predicted molar refractivity (Wildman–Crippen MR) is 72.5 cm³/mol. The fourth-order valence-electron chi connectivity index (χ4n) is 2.38. The van der Waals surface area contributed by atoms with Crippen molar-refractivity contribution in [2.75, 3.05) is 26.9 Å². The quantitative estimate of drug-likeness (QED) is 0.590. The molecule has 2 amide bonds. The Morgan fingerprint density at radius 2 is 2.20 bits per heavy atom. The molecule has 0 saturated carbocycles. The molecule has 1 saturated heterocycles. The molecule has 2 atom stereocenters. The molecule has 1 heterocycles. The van der Waals surface area contributed by atoms with Gasteiger partial charge in [0.25, 0.3) is 0 Å². The lowest BCUT2D eigenvalue weighted by atomic mass is 10.0. The summed E-state index contributed by atoms with van der Waals surface area (Å²) < 4.78 is 4.88. The van der Waals surface area contributed by atoms with Gasteiger partial charge in [-0.15, -0.1) is 0 Å². The number of nitrogens with zero attached hydrogens (tertiary/aromatic N) is 1. The average Bonchev–Trinajstić information content (AvgIpc) is 2.46. The number of carbonyl (C=O) groups excluding carboxylic acids is 1. The van der Waals surface area contributed by atoms with E-state index in [1.54, 1.807) is 7.11 Å². The van der Waals surface area contributed by atoms with E-state index >= 15 is 0 Å². The van der Waals surface area contributed by atoms with Crippen LogP contribution in [0.5, 0.6) is 0 Å². The first-order chi connectivity index (χ1) is 9.60. The lowest BCUT2D eigenvalue weighted by Gasteiger charge is -2.35. The summed E-state index contributed by atoms with van der Waals surface area (Å²) in [5.41, 5.74) is 0. The Hall–Kier alpha value is -1.34. The summed E-state index contributed by atoms with van der Waals surface area (Å²) in [6.45, 7) is 0.929. The van der Waals surface area contributed by atoms with Crippen LogP contribution >= 0.6 is 0 Å². The van der Waals surface area contributed by atoms with Crippen molar-refractivity contribution in [3.05, 3.63) is 0 Å². The van der Waals surface area contributed by atoms with Gasteiger partial charge in [0.1, 0.15) is 6.04 Å². The van der Waals surface area contributed by atoms with Crippen molar-refractivity contribution in [1.29, 1.82) is 0 Å². The van der Waals surface area contributed by atoms with Gasteiger partial charge in [0, 0.05) is 20.3 Å². The van der Waals surface area contributed by atoms with Gasteiger partial charge in [-0.3, -0.25) is 0 Å². The third-order valence-electron chi connectivity index (χ3n) is 3.54. The number of amides is 2. The number of hydrogen-bond acceptors (Lipinski definition) is 4. The van der Waals surface area contributed by atoms with E-state index in [-0.39, 0.29) is 12.6 Å². The molecule has 3 N–H and O–H groups in total. The van der Waals surface area contributed by atoms with Crippen LogP contribution in [0.15, 0.2) is 0 Å². The van der Waals surface area contributed by atoms with Gasteiger partial charge in [-0.2, -0.15) is 0 Å². The fourth-order valence-corrected chi connectivity index (χ4v) is 2.38. The second-order valence-electron chi connectivity index (χ2n) is 5.00. The number of urea groups is 1. The first kappa shape index (κ1) is 16.7. The van der Waals surface area contributed by atoms with E-state index in [1.165, 1.54) is 4.90 Å². The maximum Gasteiger partial charge on any atom is 0.326 e. The van der Waals surface area contributed by atoms with Gasteiger partial charge in [0.2, 0.25) is 0 Å². The zero-order valence-corrected chi connectivity index (χ0v) is 11.9. The van der Waals surface area contributed by atoms with Crippen LogP contribution in [0.25, 0.3) is 0 Å². The van der Waals surface area contributed by atoms with Crippen molar-refractivity contribution in [2.45, 2.75) is 44.2 Å². The summed E-state index contributed by atoms with van der Waals surface area (Å²) in [6.07, 6.45) is 3.51. The van der Waals surface area contributed by atoms with Crippen LogP contribution in [0.3, 0.4) is 0 Å². The third-order valence-corrected chi connectivity index (χ3v) is 3.54. The molecule has 0 aromatic heterocycles. The number of carboxylic acids is 1. The largest absolute Gasteiger partial charge is 0.480 e. The maximum absolute atomic E-state index is 12.1. The van der Waals surface area contributed by atoms with Gasteiger partial charge in [-0.25, -0.2) is 9.59 Å². The van der Waals surface area contributed by atoms with Gasteiger partial charge in [-0.05, 0) is 32.1 Å². The van der Waals surface area contributed by atoms with Gasteiger partial charge >= 0.3 is 12.0 Å². The van der Waals surface area contributed by atoms with Gasteiger partial charge in [0.15, 0.2) is 0 Å². The van der Waals surface area contributed by atoms with Crippen LogP contribution in [0.4, 0.5) is 4.79 Å². The highest BCUT2D eigenvalue weighted by Gasteiger charge is 2.29. The Labute approximate surface area is 118 Å². The topological polar surface area (TPSA) is 99.1 Å².